The average Bonchev–Trinajstić information content (AvgIpc) is 2.37. The second-order valence-corrected chi connectivity index (χ2v) is 6.29. The molecular formula is C15H23N3O2. The molecule has 5 heteroatoms. The van der Waals surface area contributed by atoms with Crippen molar-refractivity contribution < 1.29 is 9.53 Å². The summed E-state index contributed by atoms with van der Waals surface area (Å²) in [6.45, 7) is 8.99. The van der Waals surface area contributed by atoms with Crippen LogP contribution in [0.3, 0.4) is 0 Å². The van der Waals surface area contributed by atoms with Gasteiger partial charge >= 0.3 is 6.09 Å². The van der Waals surface area contributed by atoms with Gasteiger partial charge in [0.25, 0.3) is 0 Å². The highest BCUT2D eigenvalue weighted by molar-refractivity contribution is 5.68. The van der Waals surface area contributed by atoms with E-state index in [2.05, 4.69) is 9.97 Å². The lowest BCUT2D eigenvalue weighted by Crippen LogP contribution is -2.42. The second kappa shape index (κ2) is 5.77. The second-order valence-electron chi connectivity index (χ2n) is 6.29. The van der Waals surface area contributed by atoms with Crippen molar-refractivity contribution in [2.24, 2.45) is 0 Å². The summed E-state index contributed by atoms with van der Waals surface area (Å²) < 4.78 is 5.44. The fourth-order valence-electron chi connectivity index (χ4n) is 2.41. The van der Waals surface area contributed by atoms with E-state index >= 15 is 0 Å². The standard InChI is InChI=1S/C15H23N3O2/c1-11-16-8-7-13(17-11)12-6-5-9-18(10-12)14(19)20-15(2,3)4/h7-8,12H,5-6,9-10H2,1-4H3/t12-/m1/s1. The Kier molecular flexibility index (Phi) is 4.26. The monoisotopic (exact) mass is 277 g/mol. The predicted molar refractivity (Wildman–Crippen MR) is 76.6 cm³/mol. The van der Waals surface area contributed by atoms with Gasteiger partial charge in [0.05, 0.1) is 0 Å². The Morgan fingerprint density at radius 1 is 1.45 bits per heavy atom. The van der Waals surface area contributed by atoms with Gasteiger partial charge in [-0.2, -0.15) is 0 Å². The first-order valence-electron chi connectivity index (χ1n) is 7.12. The van der Waals surface area contributed by atoms with E-state index < -0.39 is 5.60 Å². The largest absolute Gasteiger partial charge is 0.444 e. The summed E-state index contributed by atoms with van der Waals surface area (Å²) in [5, 5.41) is 0. The van der Waals surface area contributed by atoms with Crippen LogP contribution in [0.1, 0.15) is 51.0 Å². The maximum Gasteiger partial charge on any atom is 0.410 e. The smallest absolute Gasteiger partial charge is 0.410 e. The van der Waals surface area contributed by atoms with Crippen LogP contribution in [0.2, 0.25) is 0 Å². The zero-order valence-corrected chi connectivity index (χ0v) is 12.7. The minimum Gasteiger partial charge on any atom is -0.444 e. The molecule has 0 saturated carbocycles. The SMILES string of the molecule is Cc1nccc([C@@H]2CCCN(C(=O)OC(C)(C)C)C2)n1. The highest BCUT2D eigenvalue weighted by Crippen LogP contribution is 2.26. The van der Waals surface area contributed by atoms with Crippen molar-refractivity contribution in [3.05, 3.63) is 23.8 Å². The first kappa shape index (κ1) is 14.8. The molecule has 1 aromatic rings. The van der Waals surface area contributed by atoms with Gasteiger partial charge in [0.1, 0.15) is 11.4 Å². The average molecular weight is 277 g/mol. The summed E-state index contributed by atoms with van der Waals surface area (Å²) in [6, 6.07) is 1.94. The lowest BCUT2D eigenvalue weighted by atomic mass is 9.95. The summed E-state index contributed by atoms with van der Waals surface area (Å²) in [6.07, 6.45) is 3.58. The molecule has 0 N–H and O–H groups in total. The van der Waals surface area contributed by atoms with Crippen molar-refractivity contribution in [2.75, 3.05) is 13.1 Å². The number of amides is 1. The number of rotatable bonds is 1. The predicted octanol–water partition coefficient (Wildman–Crippen LogP) is 2.90. The summed E-state index contributed by atoms with van der Waals surface area (Å²) in [5.74, 6) is 1.05. The van der Waals surface area contributed by atoms with E-state index in [1.54, 1.807) is 11.1 Å². The third kappa shape index (κ3) is 3.92. The molecule has 0 spiro atoms. The molecule has 1 aliphatic rings. The maximum atomic E-state index is 12.1. The minimum absolute atomic E-state index is 0.229. The molecule has 110 valence electrons. The quantitative estimate of drug-likeness (QED) is 0.792. The van der Waals surface area contributed by atoms with Crippen LogP contribution in [0.5, 0.6) is 0 Å². The number of likely N-dealkylation sites (tertiary alicyclic amines) is 1. The molecule has 1 aliphatic heterocycles. The van der Waals surface area contributed by atoms with Crippen LogP contribution < -0.4 is 0 Å². The number of ether oxygens (including phenoxy) is 1. The van der Waals surface area contributed by atoms with Crippen molar-refractivity contribution in [3.63, 3.8) is 0 Å². The van der Waals surface area contributed by atoms with Gasteiger partial charge in [-0.1, -0.05) is 0 Å². The van der Waals surface area contributed by atoms with Crippen LogP contribution in [-0.2, 0) is 4.74 Å². The number of piperidine rings is 1. The van der Waals surface area contributed by atoms with Crippen molar-refractivity contribution in [2.45, 2.75) is 52.1 Å². The van der Waals surface area contributed by atoms with Crippen LogP contribution >= 0.6 is 0 Å². The van der Waals surface area contributed by atoms with Crippen molar-refractivity contribution in [3.8, 4) is 0 Å². The van der Waals surface area contributed by atoms with E-state index in [1.807, 2.05) is 33.8 Å². The Bertz CT molecular complexity index is 482. The van der Waals surface area contributed by atoms with Crippen LogP contribution in [0.4, 0.5) is 4.79 Å². The molecule has 2 rings (SSSR count). The molecule has 20 heavy (non-hydrogen) atoms. The normalized spacial score (nSPS) is 19.8. The van der Waals surface area contributed by atoms with Crippen LogP contribution in [0.25, 0.3) is 0 Å². The molecule has 5 nitrogen and oxygen atoms in total. The molecule has 0 radical (unpaired) electrons. The summed E-state index contributed by atoms with van der Waals surface area (Å²) in [4.78, 5) is 22.5. The highest BCUT2D eigenvalue weighted by atomic mass is 16.6. The number of aryl methyl sites for hydroxylation is 1. The van der Waals surface area contributed by atoms with Gasteiger partial charge in [-0.15, -0.1) is 0 Å². The van der Waals surface area contributed by atoms with E-state index in [9.17, 15) is 4.79 Å². The van der Waals surface area contributed by atoms with Crippen molar-refractivity contribution in [1.29, 1.82) is 0 Å². The van der Waals surface area contributed by atoms with Gasteiger partial charge in [-0.3, -0.25) is 0 Å². The van der Waals surface area contributed by atoms with Gasteiger partial charge in [-0.25, -0.2) is 14.8 Å². The van der Waals surface area contributed by atoms with E-state index in [-0.39, 0.29) is 12.0 Å². The third-order valence-corrected chi connectivity index (χ3v) is 3.29. The molecule has 0 aromatic carbocycles. The molecule has 1 aromatic heterocycles. The Morgan fingerprint density at radius 2 is 2.20 bits per heavy atom. The van der Waals surface area contributed by atoms with Gasteiger partial charge in [-0.05, 0) is 46.6 Å². The van der Waals surface area contributed by atoms with Crippen molar-refractivity contribution in [1.82, 2.24) is 14.9 Å². The fourth-order valence-corrected chi connectivity index (χ4v) is 2.41. The van der Waals surface area contributed by atoms with E-state index in [0.717, 1.165) is 30.9 Å². The fraction of sp³-hybridized carbons (Fsp3) is 0.667. The number of hydrogen-bond acceptors (Lipinski definition) is 4. The maximum absolute atomic E-state index is 12.1. The molecule has 0 bridgehead atoms. The number of nitrogens with zero attached hydrogens (tertiary/aromatic N) is 3. The zero-order valence-electron chi connectivity index (χ0n) is 12.7. The molecule has 1 amide bonds. The Hall–Kier alpha value is -1.65. The molecule has 1 atom stereocenters. The lowest BCUT2D eigenvalue weighted by molar-refractivity contribution is 0.0197. The van der Waals surface area contributed by atoms with Crippen molar-refractivity contribution >= 4 is 6.09 Å². The summed E-state index contributed by atoms with van der Waals surface area (Å²) in [7, 11) is 0. The van der Waals surface area contributed by atoms with Crippen LogP contribution in [0.15, 0.2) is 12.3 Å². The van der Waals surface area contributed by atoms with Gasteiger partial charge in [0.15, 0.2) is 0 Å². The first-order valence-corrected chi connectivity index (χ1v) is 7.12. The molecule has 0 aliphatic carbocycles. The Morgan fingerprint density at radius 3 is 2.85 bits per heavy atom. The third-order valence-electron chi connectivity index (χ3n) is 3.29. The zero-order chi connectivity index (χ0) is 14.8. The van der Waals surface area contributed by atoms with Gasteiger partial charge in [0, 0.05) is 30.9 Å². The number of carbonyl (C=O) groups excluding carboxylic acids is 1. The lowest BCUT2D eigenvalue weighted by Gasteiger charge is -2.33. The van der Waals surface area contributed by atoms with E-state index in [4.69, 9.17) is 4.74 Å². The summed E-state index contributed by atoms with van der Waals surface area (Å²) >= 11 is 0. The minimum atomic E-state index is -0.449. The van der Waals surface area contributed by atoms with E-state index in [1.165, 1.54) is 0 Å². The topological polar surface area (TPSA) is 55.3 Å². The first-order chi connectivity index (χ1) is 9.35. The van der Waals surface area contributed by atoms with Gasteiger partial charge < -0.3 is 9.64 Å². The van der Waals surface area contributed by atoms with Crippen LogP contribution in [-0.4, -0.2) is 39.7 Å². The van der Waals surface area contributed by atoms with E-state index in [0.29, 0.717) is 6.54 Å². The van der Waals surface area contributed by atoms with Gasteiger partial charge in [0.2, 0.25) is 0 Å². The Balaban J connectivity index is 2.03. The number of carbonyl (C=O) groups is 1. The van der Waals surface area contributed by atoms with Crippen LogP contribution in [0, 0.1) is 6.92 Å². The molecule has 1 fully saturated rings. The molecule has 2 heterocycles. The summed E-state index contributed by atoms with van der Waals surface area (Å²) in [5.41, 5.74) is 0.570. The number of aromatic nitrogens is 2. The molecular weight excluding hydrogens is 254 g/mol. The molecule has 0 unspecified atom stereocenters. The number of hydrogen-bond donors (Lipinski definition) is 0. The Labute approximate surface area is 120 Å². The molecule has 1 saturated heterocycles. The highest BCUT2D eigenvalue weighted by Gasteiger charge is 2.28.